The first-order valence-electron chi connectivity index (χ1n) is 8.14. The summed E-state index contributed by atoms with van der Waals surface area (Å²) in [5.74, 6) is 2.55. The van der Waals surface area contributed by atoms with Crippen molar-refractivity contribution in [2.75, 3.05) is 13.1 Å². The maximum absolute atomic E-state index is 5.18. The number of nitrogens with one attached hydrogen (secondary N) is 2. The fourth-order valence-corrected chi connectivity index (χ4v) is 2.86. The van der Waals surface area contributed by atoms with Gasteiger partial charge in [0.1, 0.15) is 5.76 Å². The van der Waals surface area contributed by atoms with Crippen LogP contribution in [0.25, 0.3) is 0 Å². The van der Waals surface area contributed by atoms with Gasteiger partial charge in [-0.1, -0.05) is 24.4 Å². The van der Waals surface area contributed by atoms with E-state index in [-0.39, 0.29) is 0 Å². The predicted molar refractivity (Wildman–Crippen MR) is 85.4 cm³/mol. The molecule has 0 spiro atoms. The largest absolute Gasteiger partial charge is 0.361 e. The van der Waals surface area contributed by atoms with Crippen LogP contribution in [0.15, 0.2) is 9.52 Å². The van der Waals surface area contributed by atoms with Crippen molar-refractivity contribution in [2.45, 2.75) is 59.4 Å². The zero-order valence-corrected chi connectivity index (χ0v) is 13.5. The van der Waals surface area contributed by atoms with Crippen LogP contribution in [0, 0.1) is 19.8 Å². The third-order valence-electron chi connectivity index (χ3n) is 4.20. The summed E-state index contributed by atoms with van der Waals surface area (Å²) in [7, 11) is 0. The molecule has 1 saturated carbocycles. The van der Waals surface area contributed by atoms with Crippen LogP contribution in [0.5, 0.6) is 0 Å². The van der Waals surface area contributed by atoms with Gasteiger partial charge in [-0.2, -0.15) is 0 Å². The second-order valence-electron chi connectivity index (χ2n) is 5.88. The molecule has 1 aromatic heterocycles. The SMILES string of the molecule is CCNC(=NCc1c(C)noc1C)NCC1CCCCC1. The Balaban J connectivity index is 1.89. The molecule has 5 nitrogen and oxygen atoms in total. The van der Waals surface area contributed by atoms with Gasteiger partial charge in [-0.05, 0) is 39.5 Å². The molecule has 1 aromatic rings. The maximum atomic E-state index is 5.18. The lowest BCUT2D eigenvalue weighted by Gasteiger charge is -2.22. The second kappa shape index (κ2) is 8.05. The molecular formula is C16H28N4O. The van der Waals surface area contributed by atoms with Crippen LogP contribution in [-0.4, -0.2) is 24.2 Å². The molecule has 0 radical (unpaired) electrons. The quantitative estimate of drug-likeness (QED) is 0.647. The van der Waals surface area contributed by atoms with Crippen molar-refractivity contribution in [1.82, 2.24) is 15.8 Å². The van der Waals surface area contributed by atoms with Gasteiger partial charge in [0.15, 0.2) is 5.96 Å². The number of hydrogen-bond donors (Lipinski definition) is 2. The summed E-state index contributed by atoms with van der Waals surface area (Å²) in [4.78, 5) is 4.66. The number of nitrogens with zero attached hydrogens (tertiary/aromatic N) is 2. The average Bonchev–Trinajstić information content (AvgIpc) is 2.82. The molecular weight excluding hydrogens is 264 g/mol. The normalized spacial score (nSPS) is 17.0. The first kappa shape index (κ1) is 15.9. The van der Waals surface area contributed by atoms with E-state index < -0.39 is 0 Å². The third kappa shape index (κ3) is 4.76. The van der Waals surface area contributed by atoms with E-state index in [2.05, 4.69) is 27.7 Å². The molecule has 1 aliphatic rings. The molecule has 0 bridgehead atoms. The first-order chi connectivity index (χ1) is 10.2. The van der Waals surface area contributed by atoms with Crippen molar-refractivity contribution in [3.63, 3.8) is 0 Å². The minimum Gasteiger partial charge on any atom is -0.361 e. The molecule has 2 N–H and O–H groups in total. The standard InChI is InChI=1S/C16H28N4O/c1-4-17-16(18-10-14-8-6-5-7-9-14)19-11-15-12(2)20-21-13(15)3/h14H,4-11H2,1-3H3,(H2,17,18,19). The Bertz CT molecular complexity index is 441. The lowest BCUT2D eigenvalue weighted by Crippen LogP contribution is -2.40. The van der Waals surface area contributed by atoms with E-state index in [1.54, 1.807) is 0 Å². The van der Waals surface area contributed by atoms with Crippen molar-refractivity contribution in [3.8, 4) is 0 Å². The summed E-state index contributed by atoms with van der Waals surface area (Å²) in [6, 6.07) is 0. The zero-order valence-electron chi connectivity index (χ0n) is 13.5. The Morgan fingerprint density at radius 2 is 2.00 bits per heavy atom. The van der Waals surface area contributed by atoms with E-state index in [0.29, 0.717) is 6.54 Å². The lowest BCUT2D eigenvalue weighted by molar-refractivity contribution is 0.355. The van der Waals surface area contributed by atoms with Crippen LogP contribution in [0.2, 0.25) is 0 Å². The van der Waals surface area contributed by atoms with E-state index in [4.69, 9.17) is 4.52 Å². The topological polar surface area (TPSA) is 62.5 Å². The molecule has 0 unspecified atom stereocenters. The summed E-state index contributed by atoms with van der Waals surface area (Å²) in [5.41, 5.74) is 2.02. The second-order valence-corrected chi connectivity index (χ2v) is 5.88. The molecule has 1 fully saturated rings. The molecule has 118 valence electrons. The summed E-state index contributed by atoms with van der Waals surface area (Å²) in [6.45, 7) is 8.50. The van der Waals surface area contributed by atoms with Crippen LogP contribution >= 0.6 is 0 Å². The molecule has 0 aromatic carbocycles. The predicted octanol–water partition coefficient (Wildman–Crippen LogP) is 2.93. The molecule has 0 atom stereocenters. The minimum absolute atomic E-state index is 0.612. The smallest absolute Gasteiger partial charge is 0.191 e. The van der Waals surface area contributed by atoms with E-state index in [1.165, 1.54) is 32.1 Å². The first-order valence-corrected chi connectivity index (χ1v) is 8.14. The maximum Gasteiger partial charge on any atom is 0.191 e. The van der Waals surface area contributed by atoms with Crippen LogP contribution in [-0.2, 0) is 6.54 Å². The van der Waals surface area contributed by atoms with Gasteiger partial charge in [0.05, 0.1) is 12.2 Å². The molecule has 1 heterocycles. The Hall–Kier alpha value is -1.52. The highest BCUT2D eigenvalue weighted by Gasteiger charge is 2.14. The number of rotatable bonds is 5. The van der Waals surface area contributed by atoms with E-state index in [0.717, 1.165) is 42.0 Å². The van der Waals surface area contributed by atoms with Crippen molar-refractivity contribution in [1.29, 1.82) is 0 Å². The van der Waals surface area contributed by atoms with Crippen molar-refractivity contribution in [2.24, 2.45) is 10.9 Å². The van der Waals surface area contributed by atoms with Crippen molar-refractivity contribution >= 4 is 5.96 Å². The van der Waals surface area contributed by atoms with E-state index >= 15 is 0 Å². The molecule has 21 heavy (non-hydrogen) atoms. The van der Waals surface area contributed by atoms with Crippen molar-refractivity contribution < 1.29 is 4.52 Å². The number of aliphatic imine (C=N–C) groups is 1. The number of aromatic nitrogens is 1. The molecule has 5 heteroatoms. The Morgan fingerprint density at radius 1 is 1.24 bits per heavy atom. The molecule has 2 rings (SSSR count). The monoisotopic (exact) mass is 292 g/mol. The highest BCUT2D eigenvalue weighted by atomic mass is 16.5. The Kier molecular flexibility index (Phi) is 6.08. The minimum atomic E-state index is 0.612. The Labute approximate surface area is 127 Å². The van der Waals surface area contributed by atoms with Crippen molar-refractivity contribution in [3.05, 3.63) is 17.0 Å². The average molecular weight is 292 g/mol. The van der Waals surface area contributed by atoms with Crippen LogP contribution in [0.1, 0.15) is 56.0 Å². The van der Waals surface area contributed by atoms with Gasteiger partial charge in [-0.25, -0.2) is 4.99 Å². The number of hydrogen-bond acceptors (Lipinski definition) is 3. The summed E-state index contributed by atoms with van der Waals surface area (Å²) in [5, 5.41) is 10.8. The highest BCUT2D eigenvalue weighted by molar-refractivity contribution is 5.79. The number of aryl methyl sites for hydroxylation is 2. The van der Waals surface area contributed by atoms with Gasteiger partial charge in [-0.3, -0.25) is 0 Å². The van der Waals surface area contributed by atoms with Gasteiger partial charge >= 0.3 is 0 Å². The molecule has 1 aliphatic carbocycles. The van der Waals surface area contributed by atoms with Gasteiger partial charge in [0.2, 0.25) is 0 Å². The lowest BCUT2D eigenvalue weighted by atomic mass is 9.89. The number of guanidine groups is 1. The summed E-state index contributed by atoms with van der Waals surface area (Å²) < 4.78 is 5.18. The third-order valence-corrected chi connectivity index (χ3v) is 4.20. The van der Waals surface area contributed by atoms with Gasteiger partial charge in [0.25, 0.3) is 0 Å². The Morgan fingerprint density at radius 3 is 2.62 bits per heavy atom. The van der Waals surface area contributed by atoms with Crippen LogP contribution in [0.4, 0.5) is 0 Å². The van der Waals surface area contributed by atoms with Gasteiger partial charge < -0.3 is 15.2 Å². The fourth-order valence-electron chi connectivity index (χ4n) is 2.86. The van der Waals surface area contributed by atoms with Crippen LogP contribution < -0.4 is 10.6 Å². The zero-order chi connectivity index (χ0) is 15.1. The molecule has 0 amide bonds. The van der Waals surface area contributed by atoms with Gasteiger partial charge in [-0.15, -0.1) is 0 Å². The van der Waals surface area contributed by atoms with E-state index in [9.17, 15) is 0 Å². The van der Waals surface area contributed by atoms with Crippen LogP contribution in [0.3, 0.4) is 0 Å². The molecule has 0 saturated heterocycles. The van der Waals surface area contributed by atoms with Gasteiger partial charge in [0, 0.05) is 18.7 Å². The highest BCUT2D eigenvalue weighted by Crippen LogP contribution is 2.22. The van der Waals surface area contributed by atoms with E-state index in [1.807, 2.05) is 13.8 Å². The summed E-state index contributed by atoms with van der Waals surface area (Å²) in [6.07, 6.45) is 6.83. The summed E-state index contributed by atoms with van der Waals surface area (Å²) >= 11 is 0. The fraction of sp³-hybridized carbons (Fsp3) is 0.750. The molecule has 0 aliphatic heterocycles.